The van der Waals surface area contributed by atoms with Crippen molar-refractivity contribution in [2.24, 2.45) is 0 Å². The van der Waals surface area contributed by atoms with Crippen molar-refractivity contribution in [2.45, 2.75) is 12.5 Å². The molecule has 2 heterocycles. The average molecular weight is 370 g/mol. The van der Waals surface area contributed by atoms with E-state index in [1.54, 1.807) is 18.2 Å². The number of aromatic hydroxyl groups is 1. The Balaban J connectivity index is 2.00. The molecule has 0 aliphatic carbocycles. The number of Topliss-reactive ketones (excluding diaryl/α,β-unsaturated/α-hetero) is 1. The Bertz CT molecular complexity index is 870. The van der Waals surface area contributed by atoms with Crippen molar-refractivity contribution >= 4 is 11.7 Å². The van der Waals surface area contributed by atoms with E-state index in [0.29, 0.717) is 18.5 Å². The number of aliphatic hydroxyl groups excluding tert-OH is 1. The average Bonchev–Trinajstić information content (AvgIpc) is 3.24. The SMILES string of the molecule is CN(C)CCCN1C(=O)C(O)=C(C(=O)c2ccco2)C1c1cccc(O)c1. The van der Waals surface area contributed by atoms with Crippen molar-refractivity contribution in [1.29, 1.82) is 0 Å². The molecule has 1 unspecified atom stereocenters. The first-order valence-electron chi connectivity index (χ1n) is 8.66. The minimum atomic E-state index is -0.788. The van der Waals surface area contributed by atoms with Gasteiger partial charge < -0.3 is 24.4 Å². The number of nitrogens with zero attached hydrogens (tertiary/aromatic N) is 2. The van der Waals surface area contributed by atoms with Gasteiger partial charge in [-0.05, 0) is 56.9 Å². The van der Waals surface area contributed by atoms with Gasteiger partial charge in [-0.1, -0.05) is 12.1 Å². The summed E-state index contributed by atoms with van der Waals surface area (Å²) in [6, 6.07) is 8.62. The topological polar surface area (TPSA) is 94.2 Å². The summed E-state index contributed by atoms with van der Waals surface area (Å²) in [4.78, 5) is 29.0. The van der Waals surface area contributed by atoms with E-state index in [9.17, 15) is 19.8 Å². The molecule has 1 atom stereocenters. The Morgan fingerprint density at radius 3 is 2.63 bits per heavy atom. The molecule has 1 amide bonds. The molecule has 27 heavy (non-hydrogen) atoms. The normalized spacial score (nSPS) is 17.2. The van der Waals surface area contributed by atoms with Crippen molar-refractivity contribution in [2.75, 3.05) is 27.2 Å². The third kappa shape index (κ3) is 3.73. The first-order valence-corrected chi connectivity index (χ1v) is 8.66. The third-order valence-corrected chi connectivity index (χ3v) is 4.48. The maximum absolute atomic E-state index is 12.9. The smallest absolute Gasteiger partial charge is 0.290 e. The highest BCUT2D eigenvalue weighted by Gasteiger charge is 2.44. The highest BCUT2D eigenvalue weighted by Crippen LogP contribution is 2.39. The van der Waals surface area contributed by atoms with Crippen LogP contribution in [-0.2, 0) is 4.79 Å². The molecular weight excluding hydrogens is 348 g/mol. The first kappa shape index (κ1) is 18.7. The minimum Gasteiger partial charge on any atom is -0.508 e. The summed E-state index contributed by atoms with van der Waals surface area (Å²) < 4.78 is 5.17. The number of amides is 1. The maximum atomic E-state index is 12.9. The minimum absolute atomic E-state index is 0.0179. The van der Waals surface area contributed by atoms with Crippen LogP contribution in [0.4, 0.5) is 0 Å². The molecule has 2 aromatic rings. The van der Waals surface area contributed by atoms with E-state index in [2.05, 4.69) is 0 Å². The van der Waals surface area contributed by atoms with Gasteiger partial charge in [0.2, 0.25) is 5.78 Å². The molecule has 2 N–H and O–H groups in total. The van der Waals surface area contributed by atoms with Crippen molar-refractivity contribution in [3.8, 4) is 5.75 Å². The summed E-state index contributed by atoms with van der Waals surface area (Å²) >= 11 is 0. The van der Waals surface area contributed by atoms with Gasteiger partial charge in [0.1, 0.15) is 5.75 Å². The molecule has 3 rings (SSSR count). The predicted molar refractivity (Wildman–Crippen MR) is 98.4 cm³/mol. The molecule has 1 aliphatic heterocycles. The second-order valence-corrected chi connectivity index (χ2v) is 6.72. The summed E-state index contributed by atoms with van der Waals surface area (Å²) in [6.45, 7) is 1.11. The Hall–Kier alpha value is -3.06. The van der Waals surface area contributed by atoms with Gasteiger partial charge in [-0.2, -0.15) is 0 Å². The summed E-state index contributed by atoms with van der Waals surface area (Å²) in [6.07, 6.45) is 2.03. The van der Waals surface area contributed by atoms with Crippen LogP contribution in [0.2, 0.25) is 0 Å². The number of furan rings is 1. The zero-order valence-electron chi connectivity index (χ0n) is 15.3. The number of hydrogen-bond acceptors (Lipinski definition) is 6. The van der Waals surface area contributed by atoms with Crippen LogP contribution in [-0.4, -0.2) is 58.9 Å². The molecule has 0 saturated heterocycles. The van der Waals surface area contributed by atoms with E-state index >= 15 is 0 Å². The Kier molecular flexibility index (Phi) is 5.32. The monoisotopic (exact) mass is 370 g/mol. The summed E-state index contributed by atoms with van der Waals surface area (Å²) in [5.41, 5.74) is 0.512. The Labute approximate surface area is 157 Å². The van der Waals surface area contributed by atoms with E-state index in [1.165, 1.54) is 29.4 Å². The van der Waals surface area contributed by atoms with Crippen molar-refractivity contribution in [1.82, 2.24) is 9.80 Å². The van der Waals surface area contributed by atoms with Gasteiger partial charge in [0.15, 0.2) is 11.5 Å². The van der Waals surface area contributed by atoms with Crippen LogP contribution < -0.4 is 0 Å². The summed E-state index contributed by atoms with van der Waals surface area (Å²) in [5.74, 6) is -1.66. The number of ketones is 1. The van der Waals surface area contributed by atoms with E-state index in [4.69, 9.17) is 4.42 Å². The van der Waals surface area contributed by atoms with Gasteiger partial charge in [-0.15, -0.1) is 0 Å². The standard InChI is InChI=1S/C20H22N2O5/c1-21(2)9-5-10-22-17(13-6-3-7-14(23)12-13)16(19(25)20(22)26)18(24)15-8-4-11-27-15/h3-4,6-8,11-12,17,23,25H,5,9-10H2,1-2H3. The van der Waals surface area contributed by atoms with Crippen LogP contribution in [0.1, 0.15) is 28.6 Å². The molecule has 7 nitrogen and oxygen atoms in total. The zero-order chi connectivity index (χ0) is 19.6. The molecule has 1 aromatic carbocycles. The molecule has 0 saturated carbocycles. The van der Waals surface area contributed by atoms with Crippen LogP contribution in [0.15, 0.2) is 58.4 Å². The second-order valence-electron chi connectivity index (χ2n) is 6.72. The number of phenolic OH excluding ortho intramolecular Hbond substituents is 1. The highest BCUT2D eigenvalue weighted by atomic mass is 16.3. The molecule has 1 aliphatic rings. The first-order chi connectivity index (χ1) is 12.9. The van der Waals surface area contributed by atoms with Crippen LogP contribution in [0.5, 0.6) is 5.75 Å². The van der Waals surface area contributed by atoms with Gasteiger partial charge in [0.25, 0.3) is 5.91 Å². The van der Waals surface area contributed by atoms with Crippen LogP contribution >= 0.6 is 0 Å². The van der Waals surface area contributed by atoms with Gasteiger partial charge in [-0.25, -0.2) is 0 Å². The Morgan fingerprint density at radius 1 is 1.22 bits per heavy atom. The highest BCUT2D eigenvalue weighted by molar-refractivity contribution is 6.15. The molecule has 0 radical (unpaired) electrons. The van der Waals surface area contributed by atoms with E-state index in [-0.39, 0.29) is 17.1 Å². The summed E-state index contributed by atoms with van der Waals surface area (Å²) in [5, 5.41) is 20.3. The number of hydrogen-bond donors (Lipinski definition) is 2. The fourth-order valence-corrected chi connectivity index (χ4v) is 3.26. The lowest BCUT2D eigenvalue weighted by Crippen LogP contribution is -2.33. The van der Waals surface area contributed by atoms with E-state index in [1.807, 2.05) is 19.0 Å². The third-order valence-electron chi connectivity index (χ3n) is 4.48. The number of benzene rings is 1. The van der Waals surface area contributed by atoms with Gasteiger partial charge >= 0.3 is 0 Å². The number of carbonyl (C=O) groups is 2. The lowest BCUT2D eigenvalue weighted by molar-refractivity contribution is -0.129. The quantitative estimate of drug-likeness (QED) is 0.728. The second kappa shape index (κ2) is 7.67. The molecule has 0 bridgehead atoms. The lowest BCUT2D eigenvalue weighted by atomic mass is 9.95. The Morgan fingerprint density at radius 2 is 2.00 bits per heavy atom. The lowest BCUT2D eigenvalue weighted by Gasteiger charge is -2.27. The molecule has 0 fully saturated rings. The fourth-order valence-electron chi connectivity index (χ4n) is 3.26. The van der Waals surface area contributed by atoms with Gasteiger partial charge in [-0.3, -0.25) is 9.59 Å². The van der Waals surface area contributed by atoms with Crippen molar-refractivity contribution in [3.05, 3.63) is 65.3 Å². The molecule has 0 spiro atoms. The molecule has 142 valence electrons. The molecular formula is C20H22N2O5. The van der Waals surface area contributed by atoms with Crippen molar-refractivity contribution < 1.29 is 24.2 Å². The molecule has 1 aromatic heterocycles. The number of rotatable bonds is 7. The van der Waals surface area contributed by atoms with E-state index in [0.717, 1.165) is 6.54 Å². The molecule has 7 heteroatoms. The van der Waals surface area contributed by atoms with E-state index < -0.39 is 23.5 Å². The van der Waals surface area contributed by atoms with Crippen LogP contribution in [0.3, 0.4) is 0 Å². The fraction of sp³-hybridized carbons (Fsp3) is 0.300. The number of phenols is 1. The number of carbonyl (C=O) groups excluding carboxylic acids is 2. The van der Waals surface area contributed by atoms with Crippen LogP contribution in [0, 0.1) is 0 Å². The van der Waals surface area contributed by atoms with Gasteiger partial charge in [0.05, 0.1) is 17.9 Å². The largest absolute Gasteiger partial charge is 0.508 e. The number of aliphatic hydroxyl groups is 1. The maximum Gasteiger partial charge on any atom is 0.290 e. The summed E-state index contributed by atoms with van der Waals surface area (Å²) in [7, 11) is 3.86. The predicted octanol–water partition coefficient (Wildman–Crippen LogP) is 2.52. The zero-order valence-corrected chi connectivity index (χ0v) is 15.3. The van der Waals surface area contributed by atoms with Crippen molar-refractivity contribution in [3.63, 3.8) is 0 Å². The van der Waals surface area contributed by atoms with Gasteiger partial charge in [0, 0.05) is 6.54 Å². The van der Waals surface area contributed by atoms with Crippen LogP contribution in [0.25, 0.3) is 0 Å².